The van der Waals surface area contributed by atoms with Gasteiger partial charge in [-0.15, -0.1) is 0 Å². The smallest absolute Gasteiger partial charge is 0.190 e. The summed E-state index contributed by atoms with van der Waals surface area (Å²) in [4.78, 5) is 0. The first kappa shape index (κ1) is 8.92. The maximum atomic E-state index is 5.58. The van der Waals surface area contributed by atoms with E-state index in [1.54, 1.807) is 0 Å². The Morgan fingerprint density at radius 3 is 2.40 bits per heavy atom. The van der Waals surface area contributed by atoms with Gasteiger partial charge in [0.2, 0.25) is 0 Å². The minimum Gasteiger partial charge on any atom is -0.373 e. The normalized spacial score (nSPS) is 28.2. The molecule has 4 heteroatoms. The summed E-state index contributed by atoms with van der Waals surface area (Å²) in [6.45, 7) is 2.85. The summed E-state index contributed by atoms with van der Waals surface area (Å²) in [5, 5.41) is 0. The van der Waals surface area contributed by atoms with Crippen molar-refractivity contribution in [2.45, 2.75) is 23.2 Å². The second-order valence-corrected chi connectivity index (χ2v) is 5.18. The van der Waals surface area contributed by atoms with Crippen LogP contribution in [-0.2, 0) is 4.74 Å². The molecule has 0 N–H and O–H groups in total. The summed E-state index contributed by atoms with van der Waals surface area (Å²) in [7, 11) is 0. The van der Waals surface area contributed by atoms with Crippen LogP contribution < -0.4 is 0 Å². The van der Waals surface area contributed by atoms with E-state index in [4.69, 9.17) is 39.5 Å². The molecule has 0 aromatic carbocycles. The number of rotatable bonds is 2. The van der Waals surface area contributed by atoms with Crippen molar-refractivity contribution in [2.75, 3.05) is 6.61 Å². The zero-order chi connectivity index (χ0) is 7.78. The molecule has 0 aromatic rings. The van der Waals surface area contributed by atoms with Gasteiger partial charge in [-0.05, 0) is 12.3 Å². The molecule has 0 bridgehead atoms. The molecular weight excluding hydrogens is 194 g/mol. The topological polar surface area (TPSA) is 12.5 Å². The van der Waals surface area contributed by atoms with Crippen LogP contribution in [0.15, 0.2) is 0 Å². The second kappa shape index (κ2) is 3.06. The van der Waals surface area contributed by atoms with Crippen molar-refractivity contribution in [3.05, 3.63) is 0 Å². The molecule has 1 saturated heterocycles. The van der Waals surface area contributed by atoms with E-state index in [1.165, 1.54) is 0 Å². The van der Waals surface area contributed by atoms with Gasteiger partial charge >= 0.3 is 0 Å². The van der Waals surface area contributed by atoms with Crippen molar-refractivity contribution < 1.29 is 4.74 Å². The van der Waals surface area contributed by atoms with Crippen molar-refractivity contribution in [1.29, 1.82) is 0 Å². The Kier molecular flexibility index (Phi) is 2.73. The number of ether oxygens (including phenoxy) is 1. The lowest BCUT2D eigenvalue weighted by Gasteiger charge is -2.14. The molecule has 0 aromatic heterocycles. The molecule has 2 unspecified atom stereocenters. The van der Waals surface area contributed by atoms with Gasteiger partial charge in [0.1, 0.15) is 0 Å². The van der Waals surface area contributed by atoms with Gasteiger partial charge in [-0.25, -0.2) is 0 Å². The number of alkyl halides is 3. The molecule has 10 heavy (non-hydrogen) atoms. The summed E-state index contributed by atoms with van der Waals surface area (Å²) in [5.74, 6) is 0.354. The van der Waals surface area contributed by atoms with Crippen LogP contribution in [0.25, 0.3) is 0 Å². The quantitative estimate of drug-likeness (QED) is 0.497. The molecule has 0 saturated carbocycles. The highest BCUT2D eigenvalue weighted by Crippen LogP contribution is 2.37. The van der Waals surface area contributed by atoms with Gasteiger partial charge in [0.15, 0.2) is 3.79 Å². The molecule has 0 amide bonds. The van der Waals surface area contributed by atoms with Crippen LogP contribution in [-0.4, -0.2) is 16.5 Å². The molecule has 1 rings (SSSR count). The maximum Gasteiger partial charge on any atom is 0.190 e. The van der Waals surface area contributed by atoms with Gasteiger partial charge in [0.25, 0.3) is 0 Å². The third-order valence-electron chi connectivity index (χ3n) is 1.55. The standard InChI is InChI=1S/C6H9Cl3O/c1-4(5-3-10-5)2-6(7,8)9/h4-5H,2-3H2,1H3. The summed E-state index contributed by atoms with van der Waals surface area (Å²) >= 11 is 16.7. The van der Waals surface area contributed by atoms with Gasteiger partial charge in [-0.2, -0.15) is 0 Å². The van der Waals surface area contributed by atoms with Crippen molar-refractivity contribution >= 4 is 34.8 Å². The highest BCUT2D eigenvalue weighted by Gasteiger charge is 2.34. The minimum absolute atomic E-state index is 0.329. The SMILES string of the molecule is CC(CC(Cl)(Cl)Cl)C1CO1. The molecule has 60 valence electrons. The number of epoxide rings is 1. The fourth-order valence-electron chi connectivity index (χ4n) is 0.881. The Morgan fingerprint density at radius 1 is 1.60 bits per heavy atom. The summed E-state index contributed by atoms with van der Waals surface area (Å²) in [6, 6.07) is 0. The summed E-state index contributed by atoms with van der Waals surface area (Å²) < 4.78 is 3.92. The van der Waals surface area contributed by atoms with Gasteiger partial charge in [-0.1, -0.05) is 41.7 Å². The van der Waals surface area contributed by atoms with Crippen molar-refractivity contribution in [1.82, 2.24) is 0 Å². The monoisotopic (exact) mass is 202 g/mol. The van der Waals surface area contributed by atoms with Crippen LogP contribution in [0.5, 0.6) is 0 Å². The maximum absolute atomic E-state index is 5.58. The van der Waals surface area contributed by atoms with Crippen molar-refractivity contribution in [3.63, 3.8) is 0 Å². The zero-order valence-corrected chi connectivity index (χ0v) is 7.88. The Morgan fingerprint density at radius 2 is 2.10 bits per heavy atom. The third kappa shape index (κ3) is 3.29. The molecule has 0 spiro atoms. The fourth-order valence-corrected chi connectivity index (χ4v) is 1.61. The van der Waals surface area contributed by atoms with E-state index >= 15 is 0 Å². The van der Waals surface area contributed by atoms with Gasteiger partial charge in [0.05, 0.1) is 12.7 Å². The average molecular weight is 203 g/mol. The summed E-state index contributed by atoms with van der Waals surface area (Å²) in [6.07, 6.45) is 0.901. The van der Waals surface area contributed by atoms with E-state index in [2.05, 4.69) is 0 Å². The number of hydrogen-bond acceptors (Lipinski definition) is 1. The predicted molar refractivity (Wildman–Crippen MR) is 43.8 cm³/mol. The highest BCUT2D eigenvalue weighted by molar-refractivity contribution is 6.67. The first-order valence-corrected chi connectivity index (χ1v) is 4.31. The molecule has 0 radical (unpaired) electrons. The fraction of sp³-hybridized carbons (Fsp3) is 1.00. The minimum atomic E-state index is -1.12. The zero-order valence-electron chi connectivity index (χ0n) is 5.61. The Bertz CT molecular complexity index is 117. The lowest BCUT2D eigenvalue weighted by atomic mass is 10.1. The van der Waals surface area contributed by atoms with Crippen molar-refractivity contribution in [3.8, 4) is 0 Å². The van der Waals surface area contributed by atoms with Crippen LogP contribution >= 0.6 is 34.8 Å². The largest absolute Gasteiger partial charge is 0.373 e. The van der Waals surface area contributed by atoms with E-state index < -0.39 is 3.79 Å². The predicted octanol–water partition coefficient (Wildman–Crippen LogP) is 2.78. The third-order valence-corrected chi connectivity index (χ3v) is 2.01. The Hall–Kier alpha value is 0.830. The van der Waals surface area contributed by atoms with E-state index in [0.29, 0.717) is 18.4 Å². The van der Waals surface area contributed by atoms with Crippen LogP contribution in [0.1, 0.15) is 13.3 Å². The lowest BCUT2D eigenvalue weighted by Crippen LogP contribution is -2.13. The number of halogens is 3. The number of hydrogen-bond donors (Lipinski definition) is 0. The highest BCUT2D eigenvalue weighted by atomic mass is 35.6. The Balaban J connectivity index is 2.23. The molecule has 1 aliphatic heterocycles. The lowest BCUT2D eigenvalue weighted by molar-refractivity contribution is 0.332. The van der Waals surface area contributed by atoms with E-state index in [0.717, 1.165) is 6.61 Å². The van der Waals surface area contributed by atoms with E-state index in [9.17, 15) is 0 Å². The van der Waals surface area contributed by atoms with Crippen LogP contribution in [0.4, 0.5) is 0 Å². The molecule has 2 atom stereocenters. The first-order valence-electron chi connectivity index (χ1n) is 3.17. The molecule has 0 aliphatic carbocycles. The van der Waals surface area contributed by atoms with Gasteiger partial charge < -0.3 is 4.74 Å². The van der Waals surface area contributed by atoms with Gasteiger partial charge in [-0.3, -0.25) is 0 Å². The summed E-state index contributed by atoms with van der Waals surface area (Å²) in [5.41, 5.74) is 0. The van der Waals surface area contributed by atoms with Crippen LogP contribution in [0.2, 0.25) is 0 Å². The Labute approximate surface area is 75.6 Å². The van der Waals surface area contributed by atoms with E-state index in [-0.39, 0.29) is 0 Å². The average Bonchev–Trinajstić information content (AvgIpc) is 2.35. The molecule has 1 nitrogen and oxygen atoms in total. The molecule has 1 aliphatic rings. The van der Waals surface area contributed by atoms with Gasteiger partial charge in [0, 0.05) is 0 Å². The van der Waals surface area contributed by atoms with Crippen LogP contribution in [0, 0.1) is 5.92 Å². The van der Waals surface area contributed by atoms with Crippen molar-refractivity contribution in [2.24, 2.45) is 5.92 Å². The van der Waals surface area contributed by atoms with Crippen LogP contribution in [0.3, 0.4) is 0 Å². The van der Waals surface area contributed by atoms with E-state index in [1.807, 2.05) is 6.92 Å². The molecular formula is C6H9Cl3O. The first-order chi connectivity index (χ1) is 4.49. The second-order valence-electron chi connectivity index (χ2n) is 2.67. The molecule has 1 fully saturated rings. The molecule has 1 heterocycles.